The molecule has 0 aliphatic carbocycles. The predicted molar refractivity (Wildman–Crippen MR) is 57.2 cm³/mol. The molecule has 0 spiro atoms. The topological polar surface area (TPSA) is 58.9 Å². The first-order valence-electron chi connectivity index (χ1n) is 4.21. The Morgan fingerprint density at radius 2 is 2.07 bits per heavy atom. The summed E-state index contributed by atoms with van der Waals surface area (Å²) in [5.41, 5.74) is 0.775. The van der Waals surface area contributed by atoms with E-state index in [-0.39, 0.29) is 12.1 Å². The predicted octanol–water partition coefficient (Wildman–Crippen LogP) is 1.97. The highest BCUT2D eigenvalue weighted by Crippen LogP contribution is 2.10. The number of hydrogen-bond acceptors (Lipinski definition) is 3. The second-order valence-corrected chi connectivity index (χ2v) is 3.27. The molecule has 0 saturated heterocycles. The number of halogens is 1. The Morgan fingerprint density at radius 1 is 1.47 bits per heavy atom. The smallest absolute Gasteiger partial charge is 0.354 e. The second kappa shape index (κ2) is 5.36. The summed E-state index contributed by atoms with van der Waals surface area (Å²) in [6, 6.07) is 6.89. The number of carbonyl (C=O) groups is 1. The Hall–Kier alpha value is -1.55. The lowest BCUT2D eigenvalue weighted by Gasteiger charge is -2.01. The first kappa shape index (κ1) is 11.5. The average Bonchev–Trinajstić information content (AvgIpc) is 2.20. The third-order valence-corrected chi connectivity index (χ3v) is 1.99. The number of benzene rings is 1. The van der Waals surface area contributed by atoms with Crippen LogP contribution in [0.1, 0.15) is 5.56 Å². The average molecular weight is 228 g/mol. The summed E-state index contributed by atoms with van der Waals surface area (Å²) in [5.74, 6) is -1.09. The van der Waals surface area contributed by atoms with E-state index >= 15 is 0 Å². The van der Waals surface area contributed by atoms with E-state index in [2.05, 4.69) is 9.99 Å². The summed E-state index contributed by atoms with van der Waals surface area (Å²) < 4.78 is 0. The molecule has 0 saturated carbocycles. The van der Waals surface area contributed by atoms with E-state index < -0.39 is 5.97 Å². The molecule has 80 valence electrons. The lowest BCUT2D eigenvalue weighted by molar-refractivity contribution is -0.129. The highest BCUT2D eigenvalue weighted by Gasteiger charge is 2.10. The monoisotopic (exact) mass is 227 g/mol. The van der Waals surface area contributed by atoms with Crippen LogP contribution >= 0.6 is 11.6 Å². The Bertz CT molecular complexity index is 373. The summed E-state index contributed by atoms with van der Waals surface area (Å²) >= 11 is 5.70. The van der Waals surface area contributed by atoms with Crippen LogP contribution in [0.15, 0.2) is 29.4 Å². The Kier molecular flexibility index (Phi) is 4.12. The zero-order chi connectivity index (χ0) is 11.3. The minimum absolute atomic E-state index is 0.0418. The number of carboxylic acids is 1. The van der Waals surface area contributed by atoms with Crippen LogP contribution in [0.3, 0.4) is 0 Å². The summed E-state index contributed by atoms with van der Waals surface area (Å²) in [6.45, 7) is 0. The van der Waals surface area contributed by atoms with Gasteiger partial charge in [0.05, 0.1) is 0 Å². The molecule has 1 aromatic carbocycles. The number of hydrogen-bond donors (Lipinski definition) is 1. The number of nitrogens with zero attached hydrogens (tertiary/aromatic N) is 1. The van der Waals surface area contributed by atoms with Gasteiger partial charge in [-0.2, -0.15) is 0 Å². The minimum Gasteiger partial charge on any atom is -0.477 e. The molecule has 0 radical (unpaired) electrons. The molecule has 1 rings (SSSR count). The van der Waals surface area contributed by atoms with Crippen molar-refractivity contribution in [3.05, 3.63) is 34.9 Å². The maximum atomic E-state index is 10.7. The zero-order valence-corrected chi connectivity index (χ0v) is 8.86. The fourth-order valence-electron chi connectivity index (χ4n) is 1.05. The normalized spacial score (nSPS) is 11.2. The van der Waals surface area contributed by atoms with Gasteiger partial charge in [0, 0.05) is 11.4 Å². The molecule has 0 aromatic heterocycles. The highest BCUT2D eigenvalue weighted by molar-refractivity contribution is 6.36. The fourth-order valence-corrected chi connectivity index (χ4v) is 1.18. The molecule has 0 fully saturated rings. The Morgan fingerprint density at radius 3 is 2.53 bits per heavy atom. The largest absolute Gasteiger partial charge is 0.477 e. The van der Waals surface area contributed by atoms with E-state index in [1.54, 1.807) is 24.3 Å². The van der Waals surface area contributed by atoms with Crippen molar-refractivity contribution in [3.8, 4) is 0 Å². The van der Waals surface area contributed by atoms with Crippen LogP contribution in [-0.4, -0.2) is 23.9 Å². The van der Waals surface area contributed by atoms with Gasteiger partial charge in [-0.1, -0.05) is 28.9 Å². The van der Waals surface area contributed by atoms with Gasteiger partial charge in [0.25, 0.3) is 0 Å². The number of oxime groups is 1. The minimum atomic E-state index is -1.09. The second-order valence-electron chi connectivity index (χ2n) is 2.83. The van der Waals surface area contributed by atoms with Gasteiger partial charge < -0.3 is 9.94 Å². The van der Waals surface area contributed by atoms with Gasteiger partial charge >= 0.3 is 5.97 Å². The van der Waals surface area contributed by atoms with E-state index in [0.717, 1.165) is 5.56 Å². The first-order valence-corrected chi connectivity index (χ1v) is 4.59. The van der Waals surface area contributed by atoms with Crippen molar-refractivity contribution < 1.29 is 14.7 Å². The lowest BCUT2D eigenvalue weighted by Crippen LogP contribution is -2.16. The summed E-state index contributed by atoms with van der Waals surface area (Å²) in [4.78, 5) is 15.2. The maximum absolute atomic E-state index is 10.7. The van der Waals surface area contributed by atoms with Crippen molar-refractivity contribution in [2.24, 2.45) is 5.16 Å². The standard InChI is InChI=1S/C10H10ClNO3/c1-15-12-9(10(13)14)6-7-2-4-8(11)5-3-7/h2-5H,6H2,1H3,(H,13,14)/b12-9+. The van der Waals surface area contributed by atoms with Gasteiger partial charge in [0.2, 0.25) is 0 Å². The third-order valence-electron chi connectivity index (χ3n) is 1.73. The lowest BCUT2D eigenvalue weighted by atomic mass is 10.1. The van der Waals surface area contributed by atoms with Gasteiger partial charge in [-0.15, -0.1) is 0 Å². The molecule has 5 heteroatoms. The van der Waals surface area contributed by atoms with Crippen molar-refractivity contribution in [2.75, 3.05) is 7.11 Å². The van der Waals surface area contributed by atoms with E-state index in [0.29, 0.717) is 5.02 Å². The molecular formula is C10H10ClNO3. The molecule has 0 amide bonds. The van der Waals surface area contributed by atoms with Crippen LogP contribution in [0, 0.1) is 0 Å². The number of rotatable bonds is 4. The van der Waals surface area contributed by atoms with Crippen molar-refractivity contribution >= 4 is 23.3 Å². The molecule has 0 heterocycles. The van der Waals surface area contributed by atoms with E-state index in [9.17, 15) is 4.79 Å². The molecule has 0 aliphatic heterocycles. The van der Waals surface area contributed by atoms with Gasteiger partial charge in [0.1, 0.15) is 7.11 Å². The molecule has 0 aliphatic rings. The highest BCUT2D eigenvalue weighted by atomic mass is 35.5. The number of aliphatic carboxylic acids is 1. The SMILES string of the molecule is CO/N=C(\Cc1ccc(Cl)cc1)C(=O)O. The van der Waals surface area contributed by atoms with Crippen LogP contribution in [0.25, 0.3) is 0 Å². The van der Waals surface area contributed by atoms with Crippen LogP contribution in [0.4, 0.5) is 0 Å². The molecular weight excluding hydrogens is 218 g/mol. The molecule has 4 nitrogen and oxygen atoms in total. The number of carboxylic acid groups (broad SMARTS) is 1. The fraction of sp³-hybridized carbons (Fsp3) is 0.200. The molecule has 1 N–H and O–H groups in total. The van der Waals surface area contributed by atoms with Crippen molar-refractivity contribution in [3.63, 3.8) is 0 Å². The summed E-state index contributed by atoms with van der Waals surface area (Å²) in [5, 5.41) is 12.8. The van der Waals surface area contributed by atoms with Crippen LogP contribution in [0.5, 0.6) is 0 Å². The molecule has 0 bridgehead atoms. The Labute approximate surface area is 92.1 Å². The van der Waals surface area contributed by atoms with Gasteiger partial charge in [0.15, 0.2) is 5.71 Å². The van der Waals surface area contributed by atoms with E-state index in [1.165, 1.54) is 7.11 Å². The quantitative estimate of drug-likeness (QED) is 0.632. The van der Waals surface area contributed by atoms with Gasteiger partial charge in [-0.05, 0) is 17.7 Å². The van der Waals surface area contributed by atoms with Gasteiger partial charge in [-0.3, -0.25) is 0 Å². The van der Waals surface area contributed by atoms with Crippen molar-refractivity contribution in [1.29, 1.82) is 0 Å². The van der Waals surface area contributed by atoms with E-state index in [4.69, 9.17) is 16.7 Å². The first-order chi connectivity index (χ1) is 7.13. The van der Waals surface area contributed by atoms with Gasteiger partial charge in [-0.25, -0.2) is 4.79 Å². The van der Waals surface area contributed by atoms with Crippen LogP contribution in [-0.2, 0) is 16.1 Å². The molecule has 0 unspecified atom stereocenters. The summed E-state index contributed by atoms with van der Waals surface area (Å²) in [6.07, 6.45) is 0.209. The zero-order valence-electron chi connectivity index (χ0n) is 8.11. The molecule has 0 atom stereocenters. The third kappa shape index (κ3) is 3.59. The van der Waals surface area contributed by atoms with Crippen molar-refractivity contribution in [2.45, 2.75) is 6.42 Å². The molecule has 15 heavy (non-hydrogen) atoms. The maximum Gasteiger partial charge on any atom is 0.354 e. The molecule has 1 aromatic rings. The van der Waals surface area contributed by atoms with E-state index in [1.807, 2.05) is 0 Å². The van der Waals surface area contributed by atoms with Crippen molar-refractivity contribution in [1.82, 2.24) is 0 Å². The summed E-state index contributed by atoms with van der Waals surface area (Å²) in [7, 11) is 1.31. The van der Waals surface area contributed by atoms with Crippen LogP contribution in [0.2, 0.25) is 5.02 Å². The Balaban J connectivity index is 2.79. The van der Waals surface area contributed by atoms with Crippen LogP contribution < -0.4 is 0 Å².